The van der Waals surface area contributed by atoms with Gasteiger partial charge in [0.05, 0.1) is 15.8 Å². The van der Waals surface area contributed by atoms with Gasteiger partial charge in [-0.2, -0.15) is 0 Å². The van der Waals surface area contributed by atoms with Crippen molar-refractivity contribution in [2.24, 2.45) is 0 Å². The number of halogens is 1. The molecule has 0 amide bonds. The van der Waals surface area contributed by atoms with E-state index in [2.05, 4.69) is 41.6 Å². The Balaban J connectivity index is 1.60. The van der Waals surface area contributed by atoms with Gasteiger partial charge in [0.2, 0.25) is 5.95 Å². The summed E-state index contributed by atoms with van der Waals surface area (Å²) in [6.07, 6.45) is 1.10. The van der Waals surface area contributed by atoms with Crippen molar-refractivity contribution in [3.8, 4) is 21.8 Å². The molecule has 1 fully saturated rings. The third kappa shape index (κ3) is 6.52. The van der Waals surface area contributed by atoms with Crippen molar-refractivity contribution in [2.75, 3.05) is 31.1 Å². The molecule has 222 valence electrons. The molecule has 0 aliphatic carbocycles. The van der Waals surface area contributed by atoms with E-state index in [0.717, 1.165) is 75.3 Å². The number of anilines is 1. The van der Waals surface area contributed by atoms with E-state index in [4.69, 9.17) is 26.3 Å². The number of benzene rings is 2. The summed E-state index contributed by atoms with van der Waals surface area (Å²) in [4.78, 5) is 32.4. The van der Waals surface area contributed by atoms with Crippen LogP contribution in [-0.4, -0.2) is 63.0 Å². The molecule has 1 atom stereocenters. The summed E-state index contributed by atoms with van der Waals surface area (Å²) >= 11 is 7.85. The maximum absolute atomic E-state index is 13.1. The topological polar surface area (TPSA) is 71.5 Å². The van der Waals surface area contributed by atoms with E-state index >= 15 is 0 Å². The van der Waals surface area contributed by atoms with Crippen LogP contribution in [0.5, 0.6) is 0 Å². The Labute approximate surface area is 257 Å². The number of hydrogen-bond donors (Lipinski definition) is 0. The van der Waals surface area contributed by atoms with Gasteiger partial charge in [-0.05, 0) is 90.8 Å². The zero-order valence-electron chi connectivity index (χ0n) is 25.8. The number of carbonyl (C=O) groups is 1. The third-order valence-electron chi connectivity index (χ3n) is 7.54. The molecule has 0 N–H and O–H groups in total. The van der Waals surface area contributed by atoms with Crippen LogP contribution in [0.3, 0.4) is 0 Å². The molecule has 42 heavy (non-hydrogen) atoms. The number of piperazine rings is 1. The SMILES string of the molecule is CC(=O)[C@@H](OC(C)(C)C)c1c(C)cc2nc(-c3ccnc(N4CCN(C(C)(C)C)CC4)n3)sc2c1-c1ccc(Cl)cc1. The number of nitrogens with zero attached hydrogens (tertiary/aromatic N) is 5. The van der Waals surface area contributed by atoms with Gasteiger partial charge >= 0.3 is 0 Å². The highest BCUT2D eigenvalue weighted by Gasteiger charge is 2.31. The van der Waals surface area contributed by atoms with Gasteiger partial charge in [0.25, 0.3) is 0 Å². The summed E-state index contributed by atoms with van der Waals surface area (Å²) < 4.78 is 7.36. The van der Waals surface area contributed by atoms with Gasteiger partial charge in [-0.3, -0.25) is 9.69 Å². The molecule has 0 unspecified atom stereocenters. The fraction of sp³-hybridized carbons (Fsp3) is 0.455. The first-order valence-corrected chi connectivity index (χ1v) is 15.6. The highest BCUT2D eigenvalue weighted by Crippen LogP contribution is 2.44. The average Bonchev–Trinajstić information content (AvgIpc) is 3.34. The normalized spacial score (nSPS) is 15.8. The molecular weight excluding hydrogens is 566 g/mol. The quantitative estimate of drug-likeness (QED) is 0.222. The number of fused-ring (bicyclic) bond motifs is 1. The molecule has 9 heteroatoms. The Hall–Kier alpha value is -2.91. The number of ether oxygens (including phenoxy) is 1. The lowest BCUT2D eigenvalue weighted by molar-refractivity contribution is -0.138. The first-order chi connectivity index (χ1) is 19.7. The van der Waals surface area contributed by atoms with Crippen LogP contribution in [0, 0.1) is 6.92 Å². The van der Waals surface area contributed by atoms with Crippen molar-refractivity contribution in [3.05, 3.63) is 58.7 Å². The maximum Gasteiger partial charge on any atom is 0.226 e. The predicted molar refractivity (Wildman–Crippen MR) is 174 cm³/mol. The van der Waals surface area contributed by atoms with E-state index < -0.39 is 11.7 Å². The van der Waals surface area contributed by atoms with E-state index in [1.807, 2.05) is 64.2 Å². The monoisotopic (exact) mass is 605 g/mol. The Morgan fingerprint density at radius 1 is 1.00 bits per heavy atom. The number of thiazole rings is 1. The van der Waals surface area contributed by atoms with Gasteiger partial charge in [-0.1, -0.05) is 23.7 Å². The van der Waals surface area contributed by atoms with Gasteiger partial charge in [-0.15, -0.1) is 11.3 Å². The second-order valence-corrected chi connectivity index (χ2v) is 14.4. The number of aromatic nitrogens is 3. The minimum atomic E-state index is -0.719. The Kier molecular flexibility index (Phi) is 8.47. The van der Waals surface area contributed by atoms with E-state index in [-0.39, 0.29) is 11.3 Å². The first-order valence-electron chi connectivity index (χ1n) is 14.4. The molecule has 0 radical (unpaired) electrons. The fourth-order valence-corrected chi connectivity index (χ4v) is 6.68. The largest absolute Gasteiger partial charge is 0.360 e. The predicted octanol–water partition coefficient (Wildman–Crippen LogP) is 7.75. The van der Waals surface area contributed by atoms with Gasteiger partial charge in [0.15, 0.2) is 5.78 Å². The zero-order chi connectivity index (χ0) is 30.4. The van der Waals surface area contributed by atoms with Gasteiger partial charge in [-0.25, -0.2) is 15.0 Å². The number of carbonyl (C=O) groups excluding carboxylic acids is 1. The van der Waals surface area contributed by atoms with E-state index in [1.165, 1.54) is 0 Å². The molecule has 3 heterocycles. The van der Waals surface area contributed by atoms with Crippen LogP contribution < -0.4 is 4.90 Å². The minimum Gasteiger partial charge on any atom is -0.360 e. The Morgan fingerprint density at radius 3 is 2.26 bits per heavy atom. The molecule has 1 aliphatic rings. The summed E-state index contributed by atoms with van der Waals surface area (Å²) in [5, 5.41) is 1.46. The van der Waals surface area contributed by atoms with Crippen molar-refractivity contribution >= 4 is 44.9 Å². The van der Waals surface area contributed by atoms with E-state index in [1.54, 1.807) is 18.3 Å². The lowest BCUT2D eigenvalue weighted by Crippen LogP contribution is -2.53. The highest BCUT2D eigenvalue weighted by molar-refractivity contribution is 7.22. The summed E-state index contributed by atoms with van der Waals surface area (Å²) in [6.45, 7) is 20.0. The van der Waals surface area contributed by atoms with Crippen LogP contribution in [0.25, 0.3) is 32.0 Å². The standard InChI is InChI=1S/C33H40ClN5O2S/c1-20-19-25-29(27(22-9-11-23(34)12-10-22)26(20)28(21(2)40)41-33(6,7)8)42-30(36-25)24-13-14-35-31(37-24)38-15-17-39(18-16-38)32(3,4)5/h9-14,19,28H,15-18H2,1-8H3/t28-/m1/s1. The zero-order valence-corrected chi connectivity index (χ0v) is 27.4. The van der Waals surface area contributed by atoms with Crippen molar-refractivity contribution in [1.29, 1.82) is 0 Å². The number of ketones is 1. The molecule has 1 saturated heterocycles. The minimum absolute atomic E-state index is 0.0423. The molecule has 7 nitrogen and oxygen atoms in total. The van der Waals surface area contributed by atoms with Crippen LogP contribution in [0.15, 0.2) is 42.6 Å². The second-order valence-electron chi connectivity index (χ2n) is 13.0. The summed E-state index contributed by atoms with van der Waals surface area (Å²) in [5.74, 6) is 0.685. The summed E-state index contributed by atoms with van der Waals surface area (Å²) in [6, 6.07) is 11.7. The van der Waals surface area contributed by atoms with E-state index in [0.29, 0.717) is 5.02 Å². The number of rotatable bonds is 6. The highest BCUT2D eigenvalue weighted by atomic mass is 35.5. The molecule has 2 aromatic carbocycles. The van der Waals surface area contributed by atoms with Gasteiger partial charge in [0, 0.05) is 54.1 Å². The van der Waals surface area contributed by atoms with Gasteiger partial charge < -0.3 is 9.64 Å². The molecular formula is C33H40ClN5O2S. The molecule has 2 aromatic heterocycles. The lowest BCUT2D eigenvalue weighted by Gasteiger charge is -2.42. The van der Waals surface area contributed by atoms with E-state index in [9.17, 15) is 4.79 Å². The van der Waals surface area contributed by atoms with Crippen molar-refractivity contribution in [3.63, 3.8) is 0 Å². The van der Waals surface area contributed by atoms with Crippen molar-refractivity contribution in [2.45, 2.75) is 72.6 Å². The van der Waals surface area contributed by atoms with Crippen LogP contribution in [-0.2, 0) is 9.53 Å². The molecule has 1 aliphatic heterocycles. The Morgan fingerprint density at radius 2 is 1.67 bits per heavy atom. The molecule has 0 saturated carbocycles. The second kappa shape index (κ2) is 11.6. The lowest BCUT2D eigenvalue weighted by atomic mass is 9.90. The number of Topliss-reactive ketones (excluding diaryl/α,β-unsaturated/α-hetero) is 1. The maximum atomic E-state index is 13.1. The summed E-state index contributed by atoms with van der Waals surface area (Å²) in [7, 11) is 0. The molecule has 0 spiro atoms. The van der Waals surface area contributed by atoms with Crippen molar-refractivity contribution < 1.29 is 9.53 Å². The molecule has 5 rings (SSSR count). The summed E-state index contributed by atoms with van der Waals surface area (Å²) in [5.41, 5.74) is 5.01. The molecule has 4 aromatic rings. The number of aryl methyl sites for hydroxylation is 1. The van der Waals surface area contributed by atoms with Crippen LogP contribution in [0.2, 0.25) is 5.02 Å². The molecule has 0 bridgehead atoms. The third-order valence-corrected chi connectivity index (χ3v) is 8.90. The number of hydrogen-bond acceptors (Lipinski definition) is 8. The van der Waals surface area contributed by atoms with Crippen LogP contribution in [0.4, 0.5) is 5.95 Å². The van der Waals surface area contributed by atoms with Crippen LogP contribution >= 0.6 is 22.9 Å². The van der Waals surface area contributed by atoms with Crippen molar-refractivity contribution in [1.82, 2.24) is 19.9 Å². The Bertz CT molecular complexity index is 1600. The first kappa shape index (κ1) is 30.5. The average molecular weight is 606 g/mol. The van der Waals surface area contributed by atoms with Gasteiger partial charge in [0.1, 0.15) is 16.8 Å². The fourth-order valence-electron chi connectivity index (χ4n) is 5.46. The smallest absolute Gasteiger partial charge is 0.226 e. The van der Waals surface area contributed by atoms with Crippen LogP contribution in [0.1, 0.15) is 65.7 Å².